The lowest BCUT2D eigenvalue weighted by Gasteiger charge is -2.17. The third-order valence-corrected chi connectivity index (χ3v) is 3.60. The van der Waals surface area contributed by atoms with Gasteiger partial charge in [-0.25, -0.2) is 4.98 Å². The Bertz CT molecular complexity index is 473. The van der Waals surface area contributed by atoms with Crippen molar-refractivity contribution in [3.05, 3.63) is 29.9 Å². The van der Waals surface area contributed by atoms with Crippen molar-refractivity contribution >= 4 is 28.5 Å². The molecule has 0 spiro atoms. The summed E-state index contributed by atoms with van der Waals surface area (Å²) in [7, 11) is 0. The predicted molar refractivity (Wildman–Crippen MR) is 71.7 cm³/mol. The molecule has 5 heteroatoms. The van der Waals surface area contributed by atoms with Gasteiger partial charge in [0.2, 0.25) is 0 Å². The van der Waals surface area contributed by atoms with E-state index in [4.69, 9.17) is 18.0 Å². The lowest BCUT2D eigenvalue weighted by molar-refractivity contribution is 0.626. The molecule has 0 aromatic carbocycles. The number of hydrogen-bond acceptors (Lipinski definition) is 3. The van der Waals surface area contributed by atoms with Crippen LogP contribution in [-0.4, -0.2) is 14.5 Å². The van der Waals surface area contributed by atoms with Crippen LogP contribution in [0.1, 0.15) is 19.4 Å². The summed E-state index contributed by atoms with van der Waals surface area (Å²) in [5, 5.41) is 2.04. The zero-order valence-electron chi connectivity index (χ0n) is 8.96. The van der Waals surface area contributed by atoms with Gasteiger partial charge in [-0.1, -0.05) is 25.2 Å². The molecule has 2 aromatic rings. The van der Waals surface area contributed by atoms with Crippen LogP contribution in [0, 0.1) is 0 Å². The van der Waals surface area contributed by atoms with Gasteiger partial charge in [0.05, 0.1) is 15.9 Å². The highest BCUT2D eigenvalue weighted by molar-refractivity contribution is 7.80. The Morgan fingerprint density at radius 1 is 1.69 bits per heavy atom. The predicted octanol–water partition coefficient (Wildman–Crippen LogP) is 2.85. The normalized spacial score (nSPS) is 12.6. The Morgan fingerprint density at radius 2 is 2.50 bits per heavy atom. The first-order chi connectivity index (χ1) is 7.74. The number of thiophene rings is 1. The van der Waals surface area contributed by atoms with Crippen LogP contribution in [0.15, 0.2) is 29.9 Å². The number of thiocarbonyl (C=S) groups is 1. The standard InChI is InChI=1S/C11H13N3S2/c1-2-8(10(12)15)14-6-5-13-11(14)9-4-3-7-16-9/h3-8H,2H2,1H3,(H2,12,15). The molecule has 0 aliphatic heterocycles. The van der Waals surface area contributed by atoms with Crippen molar-refractivity contribution in [2.24, 2.45) is 5.73 Å². The number of hydrogen-bond donors (Lipinski definition) is 1. The van der Waals surface area contributed by atoms with Crippen LogP contribution in [0.5, 0.6) is 0 Å². The molecule has 0 aliphatic rings. The van der Waals surface area contributed by atoms with Crippen LogP contribution in [0.4, 0.5) is 0 Å². The molecule has 0 aliphatic carbocycles. The first-order valence-corrected chi connectivity index (χ1v) is 6.39. The number of nitrogens with two attached hydrogens (primary N) is 1. The Hall–Kier alpha value is -1.20. The minimum absolute atomic E-state index is 0.0506. The molecule has 0 fully saturated rings. The van der Waals surface area contributed by atoms with Gasteiger partial charge in [0, 0.05) is 12.4 Å². The van der Waals surface area contributed by atoms with Crippen molar-refractivity contribution in [2.45, 2.75) is 19.4 Å². The van der Waals surface area contributed by atoms with Crippen molar-refractivity contribution in [3.8, 4) is 10.7 Å². The highest BCUT2D eigenvalue weighted by Gasteiger charge is 2.16. The summed E-state index contributed by atoms with van der Waals surface area (Å²) < 4.78 is 2.05. The first-order valence-electron chi connectivity index (χ1n) is 5.10. The molecule has 0 bridgehead atoms. The van der Waals surface area contributed by atoms with Gasteiger partial charge in [0.1, 0.15) is 0 Å². The molecule has 84 valence electrons. The fourth-order valence-electron chi connectivity index (χ4n) is 1.70. The van der Waals surface area contributed by atoms with Crippen molar-refractivity contribution in [3.63, 3.8) is 0 Å². The average molecular weight is 251 g/mol. The monoisotopic (exact) mass is 251 g/mol. The van der Waals surface area contributed by atoms with Crippen LogP contribution in [0.25, 0.3) is 10.7 Å². The molecule has 2 N–H and O–H groups in total. The molecule has 0 saturated carbocycles. The molecule has 1 atom stereocenters. The van der Waals surface area contributed by atoms with Gasteiger partial charge in [-0.05, 0) is 17.9 Å². The maximum atomic E-state index is 5.75. The van der Waals surface area contributed by atoms with Gasteiger partial charge in [0.15, 0.2) is 5.82 Å². The number of rotatable bonds is 4. The van der Waals surface area contributed by atoms with Gasteiger partial charge < -0.3 is 10.3 Å². The highest BCUT2D eigenvalue weighted by atomic mass is 32.1. The fraction of sp³-hybridized carbons (Fsp3) is 0.273. The third kappa shape index (κ3) is 2.01. The van der Waals surface area contributed by atoms with Gasteiger partial charge in [-0.2, -0.15) is 0 Å². The molecule has 0 radical (unpaired) electrons. The molecule has 1 unspecified atom stereocenters. The second kappa shape index (κ2) is 4.76. The van der Waals surface area contributed by atoms with E-state index in [1.165, 1.54) is 0 Å². The van der Waals surface area contributed by atoms with Gasteiger partial charge >= 0.3 is 0 Å². The minimum Gasteiger partial charge on any atom is -0.392 e. The van der Waals surface area contributed by atoms with Gasteiger partial charge in [0.25, 0.3) is 0 Å². The maximum Gasteiger partial charge on any atom is 0.150 e. The number of nitrogens with zero attached hydrogens (tertiary/aromatic N) is 2. The van der Waals surface area contributed by atoms with E-state index in [0.717, 1.165) is 17.1 Å². The largest absolute Gasteiger partial charge is 0.392 e. The van der Waals surface area contributed by atoms with Crippen LogP contribution >= 0.6 is 23.6 Å². The van der Waals surface area contributed by atoms with Crippen molar-refractivity contribution in [1.29, 1.82) is 0 Å². The molecule has 2 rings (SSSR count). The highest BCUT2D eigenvalue weighted by Crippen LogP contribution is 2.26. The lowest BCUT2D eigenvalue weighted by atomic mass is 10.2. The Kier molecular flexibility index (Phi) is 3.36. The van der Waals surface area contributed by atoms with Gasteiger partial charge in [-0.3, -0.25) is 0 Å². The van der Waals surface area contributed by atoms with Crippen LogP contribution in [-0.2, 0) is 0 Å². The second-order valence-electron chi connectivity index (χ2n) is 3.46. The van der Waals surface area contributed by atoms with E-state index in [9.17, 15) is 0 Å². The zero-order chi connectivity index (χ0) is 11.5. The van der Waals surface area contributed by atoms with Crippen molar-refractivity contribution < 1.29 is 0 Å². The number of imidazole rings is 1. The van der Waals surface area contributed by atoms with Crippen LogP contribution < -0.4 is 5.73 Å². The average Bonchev–Trinajstić information content (AvgIpc) is 2.86. The number of aromatic nitrogens is 2. The molecule has 3 nitrogen and oxygen atoms in total. The SMILES string of the molecule is CCC(C(N)=S)n1ccnc1-c1cccs1. The van der Waals surface area contributed by atoms with Crippen LogP contribution in [0.2, 0.25) is 0 Å². The summed E-state index contributed by atoms with van der Waals surface area (Å²) in [6, 6.07) is 4.12. The molecule has 0 saturated heterocycles. The quantitative estimate of drug-likeness (QED) is 0.850. The first kappa shape index (κ1) is 11.3. The van der Waals surface area contributed by atoms with E-state index in [-0.39, 0.29) is 6.04 Å². The summed E-state index contributed by atoms with van der Waals surface area (Å²) in [6.07, 6.45) is 4.60. The molecular weight excluding hydrogens is 238 g/mol. The molecule has 2 heterocycles. The smallest absolute Gasteiger partial charge is 0.150 e. The minimum atomic E-state index is 0.0506. The topological polar surface area (TPSA) is 43.8 Å². The Labute approximate surface area is 104 Å². The maximum absolute atomic E-state index is 5.75. The van der Waals surface area contributed by atoms with E-state index < -0.39 is 0 Å². The van der Waals surface area contributed by atoms with E-state index in [1.807, 2.05) is 22.2 Å². The second-order valence-corrected chi connectivity index (χ2v) is 4.88. The molecule has 0 amide bonds. The summed E-state index contributed by atoms with van der Waals surface area (Å²) >= 11 is 6.75. The van der Waals surface area contributed by atoms with E-state index in [2.05, 4.69) is 18.0 Å². The Morgan fingerprint density at radius 3 is 3.06 bits per heavy atom. The molecule has 16 heavy (non-hydrogen) atoms. The summed E-state index contributed by atoms with van der Waals surface area (Å²) in [6.45, 7) is 2.07. The van der Waals surface area contributed by atoms with E-state index in [0.29, 0.717) is 4.99 Å². The summed E-state index contributed by atoms with van der Waals surface area (Å²) in [5.41, 5.74) is 5.75. The molecule has 2 aromatic heterocycles. The van der Waals surface area contributed by atoms with Crippen molar-refractivity contribution in [1.82, 2.24) is 9.55 Å². The lowest BCUT2D eigenvalue weighted by Crippen LogP contribution is -2.24. The third-order valence-electron chi connectivity index (χ3n) is 2.46. The summed E-state index contributed by atoms with van der Waals surface area (Å²) in [4.78, 5) is 6.02. The van der Waals surface area contributed by atoms with E-state index >= 15 is 0 Å². The van der Waals surface area contributed by atoms with Gasteiger partial charge in [-0.15, -0.1) is 11.3 Å². The molecular formula is C11H13N3S2. The zero-order valence-corrected chi connectivity index (χ0v) is 10.6. The van der Waals surface area contributed by atoms with Crippen LogP contribution in [0.3, 0.4) is 0 Å². The Balaban J connectivity index is 2.43. The summed E-state index contributed by atoms with van der Waals surface area (Å²) in [5.74, 6) is 0.939. The van der Waals surface area contributed by atoms with Crippen molar-refractivity contribution in [2.75, 3.05) is 0 Å². The van der Waals surface area contributed by atoms with E-state index in [1.54, 1.807) is 17.5 Å². The fourth-order valence-corrected chi connectivity index (χ4v) is 2.70.